The molecule has 0 aliphatic carbocycles. The first kappa shape index (κ1) is 9.45. The minimum absolute atomic E-state index is 0.409. The number of oxazole rings is 1. The molecular formula is C9H7F2NOS. The molecule has 2 aromatic rings. The van der Waals surface area contributed by atoms with E-state index >= 15 is 0 Å². The molecule has 2 rings (SSSR count). The van der Waals surface area contributed by atoms with Gasteiger partial charge in [-0.05, 0) is 24.5 Å². The molecule has 74 valence electrons. The molecule has 0 radical (unpaired) electrons. The number of halogens is 2. The van der Waals surface area contributed by atoms with Crippen molar-refractivity contribution in [2.24, 2.45) is 0 Å². The highest BCUT2D eigenvalue weighted by Gasteiger charge is 2.15. The van der Waals surface area contributed by atoms with E-state index in [1.54, 1.807) is 12.1 Å². The number of nitrogens with zero attached hydrogens (tertiary/aromatic N) is 1. The van der Waals surface area contributed by atoms with Crippen LogP contribution in [-0.2, 0) is 0 Å². The summed E-state index contributed by atoms with van der Waals surface area (Å²) in [6.45, 7) is 0. The molecular weight excluding hydrogens is 208 g/mol. The largest absolute Gasteiger partial charge is 0.435 e. The van der Waals surface area contributed by atoms with Crippen LogP contribution in [0, 0.1) is 0 Å². The molecule has 0 fully saturated rings. The van der Waals surface area contributed by atoms with Crippen molar-refractivity contribution in [3.8, 4) is 0 Å². The van der Waals surface area contributed by atoms with Crippen molar-refractivity contribution in [3.05, 3.63) is 24.1 Å². The van der Waals surface area contributed by atoms with E-state index in [1.807, 2.05) is 12.3 Å². The van der Waals surface area contributed by atoms with Gasteiger partial charge in [-0.3, -0.25) is 0 Å². The molecule has 1 heterocycles. The third kappa shape index (κ3) is 1.59. The predicted molar refractivity (Wildman–Crippen MR) is 50.7 cm³/mol. The van der Waals surface area contributed by atoms with Crippen LogP contribution in [0.15, 0.2) is 27.5 Å². The Balaban J connectivity index is 2.54. The lowest BCUT2D eigenvalue weighted by molar-refractivity contribution is 0.117. The lowest BCUT2D eigenvalue weighted by atomic mass is 10.3. The van der Waals surface area contributed by atoms with Gasteiger partial charge in [0, 0.05) is 4.90 Å². The number of fused-ring (bicyclic) bond motifs is 1. The maximum atomic E-state index is 12.2. The third-order valence-electron chi connectivity index (χ3n) is 1.80. The summed E-state index contributed by atoms with van der Waals surface area (Å²) in [6, 6.07) is 5.21. The summed E-state index contributed by atoms with van der Waals surface area (Å²) < 4.78 is 29.3. The summed E-state index contributed by atoms with van der Waals surface area (Å²) in [7, 11) is 0. The Labute approximate surface area is 83.3 Å². The van der Waals surface area contributed by atoms with Gasteiger partial charge in [0.1, 0.15) is 5.52 Å². The van der Waals surface area contributed by atoms with Crippen molar-refractivity contribution < 1.29 is 13.2 Å². The zero-order valence-electron chi connectivity index (χ0n) is 7.33. The molecule has 0 atom stereocenters. The molecule has 0 aliphatic heterocycles. The van der Waals surface area contributed by atoms with Crippen LogP contribution in [0.5, 0.6) is 0 Å². The highest BCUT2D eigenvalue weighted by Crippen LogP contribution is 2.26. The van der Waals surface area contributed by atoms with Crippen LogP contribution < -0.4 is 0 Å². The van der Waals surface area contributed by atoms with Crippen molar-refractivity contribution in [2.75, 3.05) is 6.26 Å². The van der Waals surface area contributed by atoms with E-state index in [0.29, 0.717) is 11.1 Å². The minimum atomic E-state index is -2.65. The number of alkyl halides is 2. The van der Waals surface area contributed by atoms with Crippen LogP contribution in [0.3, 0.4) is 0 Å². The summed E-state index contributed by atoms with van der Waals surface area (Å²) in [4.78, 5) is 4.63. The van der Waals surface area contributed by atoms with Gasteiger partial charge in [0.05, 0.1) is 0 Å². The van der Waals surface area contributed by atoms with Gasteiger partial charge in [-0.2, -0.15) is 8.78 Å². The molecule has 0 saturated heterocycles. The fraction of sp³-hybridized carbons (Fsp3) is 0.222. The molecule has 0 spiro atoms. The zero-order valence-corrected chi connectivity index (χ0v) is 8.15. The van der Waals surface area contributed by atoms with E-state index in [0.717, 1.165) is 4.90 Å². The predicted octanol–water partition coefficient (Wildman–Crippen LogP) is 3.49. The lowest BCUT2D eigenvalue weighted by Crippen LogP contribution is -1.80. The van der Waals surface area contributed by atoms with Crippen LogP contribution in [-0.4, -0.2) is 11.2 Å². The van der Waals surface area contributed by atoms with Crippen molar-refractivity contribution in [2.45, 2.75) is 11.3 Å². The summed E-state index contributed by atoms with van der Waals surface area (Å²) in [6.07, 6.45) is -0.744. The first-order valence-corrected chi connectivity index (χ1v) is 5.16. The Morgan fingerprint density at radius 3 is 2.86 bits per heavy atom. The fourth-order valence-corrected chi connectivity index (χ4v) is 1.57. The van der Waals surface area contributed by atoms with Crippen molar-refractivity contribution in [1.29, 1.82) is 0 Å². The van der Waals surface area contributed by atoms with Gasteiger partial charge in [-0.1, -0.05) is 0 Å². The number of benzene rings is 1. The standard InChI is InChI=1S/C9H7F2NOS/c1-14-5-2-3-6-7(4-5)13-9(12-6)8(10)11/h2-4,8H,1H3. The minimum Gasteiger partial charge on any atom is -0.435 e. The first-order valence-electron chi connectivity index (χ1n) is 3.93. The average Bonchev–Trinajstić information content (AvgIpc) is 2.59. The molecule has 0 N–H and O–H groups in total. The van der Waals surface area contributed by atoms with Crippen LogP contribution >= 0.6 is 11.8 Å². The van der Waals surface area contributed by atoms with E-state index in [2.05, 4.69) is 4.98 Å². The van der Waals surface area contributed by atoms with Gasteiger partial charge < -0.3 is 4.42 Å². The number of hydrogen-bond acceptors (Lipinski definition) is 3. The number of rotatable bonds is 2. The van der Waals surface area contributed by atoms with Gasteiger partial charge in [0.15, 0.2) is 5.58 Å². The molecule has 1 aromatic heterocycles. The van der Waals surface area contributed by atoms with Gasteiger partial charge in [0.25, 0.3) is 5.89 Å². The Morgan fingerprint density at radius 1 is 1.43 bits per heavy atom. The second-order valence-electron chi connectivity index (χ2n) is 2.69. The number of hydrogen-bond donors (Lipinski definition) is 0. The van der Waals surface area contributed by atoms with Gasteiger partial charge in [0.2, 0.25) is 0 Å². The summed E-state index contributed by atoms with van der Waals surface area (Å²) in [5, 5.41) is 0. The molecule has 0 unspecified atom stereocenters. The van der Waals surface area contributed by atoms with E-state index in [1.165, 1.54) is 11.8 Å². The molecule has 0 amide bonds. The lowest BCUT2D eigenvalue weighted by Gasteiger charge is -1.92. The SMILES string of the molecule is CSc1ccc2nc(C(F)F)oc2c1. The molecule has 14 heavy (non-hydrogen) atoms. The molecule has 5 heteroatoms. The highest BCUT2D eigenvalue weighted by molar-refractivity contribution is 7.98. The smallest absolute Gasteiger partial charge is 0.313 e. The molecule has 0 bridgehead atoms. The number of aromatic nitrogens is 1. The molecule has 1 aromatic carbocycles. The topological polar surface area (TPSA) is 26.0 Å². The summed E-state index contributed by atoms with van der Waals surface area (Å²) >= 11 is 1.53. The van der Waals surface area contributed by atoms with E-state index in [4.69, 9.17) is 4.42 Å². The zero-order chi connectivity index (χ0) is 10.1. The monoisotopic (exact) mass is 215 g/mol. The van der Waals surface area contributed by atoms with Crippen LogP contribution in [0.4, 0.5) is 8.78 Å². The van der Waals surface area contributed by atoms with E-state index in [9.17, 15) is 8.78 Å². The third-order valence-corrected chi connectivity index (χ3v) is 2.52. The quantitative estimate of drug-likeness (QED) is 0.717. The number of thioether (sulfide) groups is 1. The molecule has 0 aliphatic rings. The van der Waals surface area contributed by atoms with Gasteiger partial charge in [-0.15, -0.1) is 11.8 Å². The Morgan fingerprint density at radius 2 is 2.21 bits per heavy atom. The van der Waals surface area contributed by atoms with Crippen molar-refractivity contribution >= 4 is 22.9 Å². The Kier molecular flexibility index (Phi) is 2.41. The second kappa shape index (κ2) is 3.57. The van der Waals surface area contributed by atoms with Crippen LogP contribution in [0.25, 0.3) is 11.1 Å². The van der Waals surface area contributed by atoms with Gasteiger partial charge in [-0.25, -0.2) is 4.98 Å². The highest BCUT2D eigenvalue weighted by atomic mass is 32.2. The second-order valence-corrected chi connectivity index (χ2v) is 3.57. The Bertz CT molecular complexity index is 455. The van der Waals surface area contributed by atoms with Crippen LogP contribution in [0.2, 0.25) is 0 Å². The maximum Gasteiger partial charge on any atom is 0.313 e. The summed E-state index contributed by atoms with van der Waals surface area (Å²) in [5.41, 5.74) is 0.880. The fourth-order valence-electron chi connectivity index (χ4n) is 1.14. The average molecular weight is 215 g/mol. The first-order chi connectivity index (χ1) is 6.70. The van der Waals surface area contributed by atoms with Crippen molar-refractivity contribution in [3.63, 3.8) is 0 Å². The van der Waals surface area contributed by atoms with E-state index in [-0.39, 0.29) is 0 Å². The normalized spacial score (nSPS) is 11.4. The van der Waals surface area contributed by atoms with Crippen molar-refractivity contribution in [1.82, 2.24) is 4.98 Å². The van der Waals surface area contributed by atoms with Crippen LogP contribution in [0.1, 0.15) is 12.3 Å². The Hall–Kier alpha value is -1.10. The van der Waals surface area contributed by atoms with E-state index < -0.39 is 12.3 Å². The molecule has 2 nitrogen and oxygen atoms in total. The van der Waals surface area contributed by atoms with Gasteiger partial charge >= 0.3 is 6.43 Å². The summed E-state index contributed by atoms with van der Waals surface area (Å²) in [5.74, 6) is -0.516. The maximum absolute atomic E-state index is 12.2. The molecule has 0 saturated carbocycles.